The number of aromatic nitrogens is 1. The molecule has 8 heteroatoms. The third-order valence-electron chi connectivity index (χ3n) is 3.06. The molecule has 0 fully saturated rings. The monoisotopic (exact) mass is 373 g/mol. The van der Waals surface area contributed by atoms with Gasteiger partial charge in [-0.2, -0.15) is 0 Å². The van der Waals surface area contributed by atoms with Crippen molar-refractivity contribution < 1.29 is 8.42 Å². The number of halogens is 1. The molecular formula is C12H12BrN3O2S2. The summed E-state index contributed by atoms with van der Waals surface area (Å²) in [5.74, 6) is 0. The summed E-state index contributed by atoms with van der Waals surface area (Å²) in [7, 11) is -3.68. The van der Waals surface area contributed by atoms with Crippen molar-refractivity contribution in [2.75, 3.05) is 10.5 Å². The van der Waals surface area contributed by atoms with Gasteiger partial charge in [0.25, 0.3) is 10.0 Å². The number of sulfonamides is 1. The van der Waals surface area contributed by atoms with Gasteiger partial charge in [0, 0.05) is 15.0 Å². The SMILES string of the molecule is Nc1ccc(Br)c(S(=O)(=O)Nc2nc3c(s2)CCC3)c1. The van der Waals surface area contributed by atoms with Crippen LogP contribution in [0.3, 0.4) is 0 Å². The number of thiazole rings is 1. The summed E-state index contributed by atoms with van der Waals surface area (Å²) in [6, 6.07) is 4.68. The zero-order chi connectivity index (χ0) is 14.3. The minimum absolute atomic E-state index is 0.118. The summed E-state index contributed by atoms with van der Waals surface area (Å²) < 4.78 is 27.7. The van der Waals surface area contributed by atoms with Crippen molar-refractivity contribution in [3.63, 3.8) is 0 Å². The number of fused-ring (bicyclic) bond motifs is 1. The first-order valence-electron chi connectivity index (χ1n) is 6.02. The van der Waals surface area contributed by atoms with Crippen molar-refractivity contribution in [3.8, 4) is 0 Å². The molecule has 106 valence electrons. The van der Waals surface area contributed by atoms with E-state index in [1.807, 2.05) is 0 Å². The molecule has 5 nitrogen and oxygen atoms in total. The first-order valence-corrected chi connectivity index (χ1v) is 9.11. The van der Waals surface area contributed by atoms with E-state index in [9.17, 15) is 8.42 Å². The number of nitrogens with two attached hydrogens (primary N) is 1. The molecule has 1 aromatic heterocycles. The van der Waals surface area contributed by atoms with Crippen LogP contribution >= 0.6 is 27.3 Å². The largest absolute Gasteiger partial charge is 0.399 e. The second-order valence-corrected chi connectivity index (χ2v) is 8.13. The van der Waals surface area contributed by atoms with Crippen LogP contribution in [0.2, 0.25) is 0 Å². The minimum atomic E-state index is -3.68. The number of hydrogen-bond acceptors (Lipinski definition) is 5. The second-order valence-electron chi connectivity index (χ2n) is 4.54. The number of hydrogen-bond donors (Lipinski definition) is 2. The summed E-state index contributed by atoms with van der Waals surface area (Å²) >= 11 is 4.64. The van der Waals surface area contributed by atoms with Crippen LogP contribution in [0.4, 0.5) is 10.8 Å². The number of nitrogen functional groups attached to an aromatic ring is 1. The third-order valence-corrected chi connectivity index (χ3v) is 6.60. The van der Waals surface area contributed by atoms with E-state index in [4.69, 9.17) is 5.73 Å². The summed E-state index contributed by atoms with van der Waals surface area (Å²) in [6.07, 6.45) is 3.01. The van der Waals surface area contributed by atoms with Crippen LogP contribution < -0.4 is 10.5 Å². The average molecular weight is 374 g/mol. The molecule has 0 saturated heterocycles. The third kappa shape index (κ3) is 2.55. The highest BCUT2D eigenvalue weighted by atomic mass is 79.9. The highest BCUT2D eigenvalue weighted by Gasteiger charge is 2.22. The molecule has 3 N–H and O–H groups in total. The lowest BCUT2D eigenvalue weighted by molar-refractivity contribution is 0.600. The number of nitrogens with zero attached hydrogens (tertiary/aromatic N) is 1. The molecule has 0 atom stereocenters. The highest BCUT2D eigenvalue weighted by molar-refractivity contribution is 9.10. The smallest absolute Gasteiger partial charge is 0.264 e. The highest BCUT2D eigenvalue weighted by Crippen LogP contribution is 2.32. The van der Waals surface area contributed by atoms with Crippen molar-refractivity contribution in [1.82, 2.24) is 4.98 Å². The lowest BCUT2D eigenvalue weighted by Crippen LogP contribution is -2.13. The quantitative estimate of drug-likeness (QED) is 0.809. The normalized spacial score (nSPS) is 14.2. The number of aryl methyl sites for hydroxylation is 2. The zero-order valence-corrected chi connectivity index (χ0v) is 13.6. The maximum absolute atomic E-state index is 12.4. The summed E-state index contributed by atoms with van der Waals surface area (Å²) in [5, 5.41) is 0.420. The molecule has 1 aromatic carbocycles. The van der Waals surface area contributed by atoms with E-state index in [-0.39, 0.29) is 4.90 Å². The maximum Gasteiger partial charge on any atom is 0.264 e. The van der Waals surface area contributed by atoms with Gasteiger partial charge in [0.05, 0.1) is 5.69 Å². The topological polar surface area (TPSA) is 85.1 Å². The molecule has 1 aliphatic rings. The summed E-state index contributed by atoms with van der Waals surface area (Å²) in [5.41, 5.74) is 7.06. The first-order chi connectivity index (χ1) is 9.45. The van der Waals surface area contributed by atoms with Gasteiger partial charge in [-0.25, -0.2) is 13.4 Å². The van der Waals surface area contributed by atoms with Gasteiger partial charge in [0.2, 0.25) is 0 Å². The predicted octanol–water partition coefficient (Wildman–Crippen LogP) is 2.78. The van der Waals surface area contributed by atoms with Gasteiger partial charge < -0.3 is 5.73 Å². The molecule has 0 radical (unpaired) electrons. The Morgan fingerprint density at radius 1 is 1.35 bits per heavy atom. The van der Waals surface area contributed by atoms with E-state index in [0.29, 0.717) is 15.3 Å². The Kier molecular flexibility index (Phi) is 3.47. The first kappa shape index (κ1) is 13.8. The molecular weight excluding hydrogens is 362 g/mol. The molecule has 1 aliphatic carbocycles. The molecule has 1 heterocycles. The fourth-order valence-electron chi connectivity index (χ4n) is 2.13. The maximum atomic E-state index is 12.4. The molecule has 0 bridgehead atoms. The molecule has 3 rings (SSSR count). The standard InChI is InChI=1S/C12H12BrN3O2S2/c13-8-5-4-7(14)6-11(8)20(17,18)16-12-15-9-2-1-3-10(9)19-12/h4-6H,1-3,14H2,(H,15,16). The Morgan fingerprint density at radius 3 is 2.90 bits per heavy atom. The zero-order valence-electron chi connectivity index (χ0n) is 10.4. The van der Waals surface area contributed by atoms with Crippen molar-refractivity contribution in [2.45, 2.75) is 24.2 Å². The van der Waals surface area contributed by atoms with Gasteiger partial charge >= 0.3 is 0 Å². The van der Waals surface area contributed by atoms with E-state index in [1.54, 1.807) is 12.1 Å². The van der Waals surface area contributed by atoms with Crippen LogP contribution in [0.5, 0.6) is 0 Å². The number of anilines is 2. The molecule has 0 unspecified atom stereocenters. The number of rotatable bonds is 3. The van der Waals surface area contributed by atoms with E-state index < -0.39 is 10.0 Å². The van der Waals surface area contributed by atoms with E-state index in [0.717, 1.165) is 25.0 Å². The Bertz CT molecular complexity index is 750. The van der Waals surface area contributed by atoms with E-state index in [1.165, 1.54) is 22.3 Å². The Labute approximate surface area is 129 Å². The van der Waals surface area contributed by atoms with Gasteiger partial charge in [0.15, 0.2) is 5.13 Å². The molecule has 0 saturated carbocycles. The lowest BCUT2D eigenvalue weighted by atomic mass is 10.3. The van der Waals surface area contributed by atoms with Crippen LogP contribution in [0.1, 0.15) is 17.0 Å². The van der Waals surface area contributed by atoms with Crippen LogP contribution in [0, 0.1) is 0 Å². The molecule has 2 aromatic rings. The van der Waals surface area contributed by atoms with Gasteiger partial charge in [-0.15, -0.1) is 11.3 Å². The van der Waals surface area contributed by atoms with Crippen LogP contribution in [-0.2, 0) is 22.9 Å². The van der Waals surface area contributed by atoms with Gasteiger partial charge in [-0.1, -0.05) is 0 Å². The van der Waals surface area contributed by atoms with Crippen molar-refractivity contribution in [2.24, 2.45) is 0 Å². The van der Waals surface area contributed by atoms with Crippen molar-refractivity contribution in [3.05, 3.63) is 33.2 Å². The molecule has 0 spiro atoms. The van der Waals surface area contributed by atoms with Gasteiger partial charge in [-0.05, 0) is 53.4 Å². The van der Waals surface area contributed by atoms with Gasteiger partial charge in [-0.3, -0.25) is 4.72 Å². The fourth-order valence-corrected chi connectivity index (χ4v) is 5.41. The van der Waals surface area contributed by atoms with Crippen LogP contribution in [-0.4, -0.2) is 13.4 Å². The Balaban J connectivity index is 1.93. The second kappa shape index (κ2) is 5.01. The molecule has 0 aliphatic heterocycles. The van der Waals surface area contributed by atoms with Crippen LogP contribution in [0.25, 0.3) is 0 Å². The fraction of sp³-hybridized carbons (Fsp3) is 0.250. The van der Waals surface area contributed by atoms with Crippen LogP contribution in [0.15, 0.2) is 27.6 Å². The van der Waals surface area contributed by atoms with Gasteiger partial charge in [0.1, 0.15) is 4.90 Å². The lowest BCUT2D eigenvalue weighted by Gasteiger charge is -2.08. The van der Waals surface area contributed by atoms with Crippen molar-refractivity contribution >= 4 is 48.1 Å². The Hall–Kier alpha value is -1.12. The minimum Gasteiger partial charge on any atom is -0.399 e. The average Bonchev–Trinajstić information content (AvgIpc) is 2.92. The molecule has 0 amide bonds. The Morgan fingerprint density at radius 2 is 2.15 bits per heavy atom. The van der Waals surface area contributed by atoms with Crippen molar-refractivity contribution in [1.29, 1.82) is 0 Å². The number of benzene rings is 1. The number of nitrogens with one attached hydrogen (secondary N) is 1. The van der Waals surface area contributed by atoms with E-state index >= 15 is 0 Å². The summed E-state index contributed by atoms with van der Waals surface area (Å²) in [6.45, 7) is 0. The van der Waals surface area contributed by atoms with E-state index in [2.05, 4.69) is 25.6 Å². The predicted molar refractivity (Wildman–Crippen MR) is 83.5 cm³/mol. The summed E-state index contributed by atoms with van der Waals surface area (Å²) in [4.78, 5) is 5.63. The molecule has 20 heavy (non-hydrogen) atoms.